The highest BCUT2D eigenvalue weighted by atomic mass is 16.7. The van der Waals surface area contributed by atoms with E-state index in [-0.39, 0.29) is 5.82 Å². The SMILES string of the molecule is CCc1nnc(NOCC(=O)O)c(C#N)c1CC. The van der Waals surface area contributed by atoms with Crippen LogP contribution in [0.4, 0.5) is 5.82 Å². The second-order valence-corrected chi connectivity index (χ2v) is 3.45. The van der Waals surface area contributed by atoms with Gasteiger partial charge in [0, 0.05) is 0 Å². The standard InChI is InChI=1S/C11H14N4O3/c1-3-7-8(5-12)11(14-13-9(7)4-2)15-18-6-10(16)17/h3-4,6H2,1-2H3,(H,14,15)(H,16,17). The van der Waals surface area contributed by atoms with Gasteiger partial charge in [-0.25, -0.2) is 10.3 Å². The van der Waals surface area contributed by atoms with Gasteiger partial charge in [-0.3, -0.25) is 4.84 Å². The van der Waals surface area contributed by atoms with Crippen molar-refractivity contribution in [1.82, 2.24) is 10.2 Å². The van der Waals surface area contributed by atoms with Crippen LogP contribution in [0.15, 0.2) is 0 Å². The van der Waals surface area contributed by atoms with E-state index in [0.717, 1.165) is 11.3 Å². The zero-order chi connectivity index (χ0) is 13.5. The third kappa shape index (κ3) is 3.15. The number of aliphatic carboxylic acids is 1. The highest BCUT2D eigenvalue weighted by molar-refractivity contribution is 5.68. The number of hydrogen-bond acceptors (Lipinski definition) is 6. The summed E-state index contributed by atoms with van der Waals surface area (Å²) in [6, 6.07) is 2.04. The molecule has 1 heterocycles. The van der Waals surface area contributed by atoms with Gasteiger partial charge in [-0.15, -0.1) is 5.10 Å². The lowest BCUT2D eigenvalue weighted by Crippen LogP contribution is -2.15. The van der Waals surface area contributed by atoms with Crippen LogP contribution in [-0.4, -0.2) is 27.9 Å². The Morgan fingerprint density at radius 1 is 1.44 bits per heavy atom. The number of anilines is 1. The molecule has 1 rings (SSSR count). The number of nitrogens with one attached hydrogen (secondary N) is 1. The van der Waals surface area contributed by atoms with Crippen LogP contribution in [-0.2, 0) is 22.5 Å². The van der Waals surface area contributed by atoms with Gasteiger partial charge in [-0.1, -0.05) is 13.8 Å². The van der Waals surface area contributed by atoms with Crippen LogP contribution in [0, 0.1) is 11.3 Å². The molecule has 0 aliphatic rings. The molecule has 0 unspecified atom stereocenters. The number of carboxylic acid groups (broad SMARTS) is 1. The van der Waals surface area contributed by atoms with E-state index in [4.69, 9.17) is 15.2 Å². The summed E-state index contributed by atoms with van der Waals surface area (Å²) in [4.78, 5) is 15.0. The maximum absolute atomic E-state index is 10.3. The number of aryl methyl sites for hydroxylation is 1. The van der Waals surface area contributed by atoms with Crippen molar-refractivity contribution in [3.8, 4) is 6.07 Å². The van der Waals surface area contributed by atoms with Crippen molar-refractivity contribution in [1.29, 1.82) is 5.26 Å². The van der Waals surface area contributed by atoms with Crippen molar-refractivity contribution < 1.29 is 14.7 Å². The molecule has 0 aromatic carbocycles. The van der Waals surface area contributed by atoms with Gasteiger partial charge in [0.25, 0.3) is 0 Å². The fraction of sp³-hybridized carbons (Fsp3) is 0.455. The summed E-state index contributed by atoms with van der Waals surface area (Å²) in [5.74, 6) is -0.970. The first-order chi connectivity index (χ1) is 8.63. The molecule has 2 N–H and O–H groups in total. The average Bonchev–Trinajstić information content (AvgIpc) is 2.37. The van der Waals surface area contributed by atoms with Crippen LogP contribution in [0.25, 0.3) is 0 Å². The van der Waals surface area contributed by atoms with E-state index in [1.54, 1.807) is 0 Å². The molecule has 0 aliphatic carbocycles. The number of nitrogens with zero attached hydrogens (tertiary/aromatic N) is 3. The van der Waals surface area contributed by atoms with Gasteiger partial charge in [-0.05, 0) is 18.4 Å². The Hall–Kier alpha value is -2.20. The normalized spacial score (nSPS) is 9.83. The number of rotatable bonds is 6. The van der Waals surface area contributed by atoms with Gasteiger partial charge in [0.05, 0.1) is 5.69 Å². The van der Waals surface area contributed by atoms with E-state index in [2.05, 4.69) is 15.7 Å². The largest absolute Gasteiger partial charge is 0.479 e. The van der Waals surface area contributed by atoms with E-state index in [1.165, 1.54) is 0 Å². The molecule has 0 atom stereocenters. The Morgan fingerprint density at radius 3 is 2.67 bits per heavy atom. The van der Waals surface area contributed by atoms with Crippen molar-refractivity contribution in [2.75, 3.05) is 12.1 Å². The van der Waals surface area contributed by atoms with E-state index in [1.807, 2.05) is 19.9 Å². The van der Waals surface area contributed by atoms with Crippen LogP contribution in [0.2, 0.25) is 0 Å². The van der Waals surface area contributed by atoms with E-state index < -0.39 is 12.6 Å². The van der Waals surface area contributed by atoms with Gasteiger partial charge in [0.15, 0.2) is 12.4 Å². The molecule has 0 fully saturated rings. The first-order valence-electron chi connectivity index (χ1n) is 5.52. The molecule has 18 heavy (non-hydrogen) atoms. The van der Waals surface area contributed by atoms with Gasteiger partial charge in [0.1, 0.15) is 11.6 Å². The Bertz CT molecular complexity index is 482. The lowest BCUT2D eigenvalue weighted by Gasteiger charge is -2.10. The first kappa shape index (κ1) is 13.9. The van der Waals surface area contributed by atoms with Crippen LogP contribution in [0.1, 0.15) is 30.7 Å². The van der Waals surface area contributed by atoms with Crippen molar-refractivity contribution >= 4 is 11.8 Å². The third-order valence-electron chi connectivity index (χ3n) is 2.32. The van der Waals surface area contributed by atoms with Crippen molar-refractivity contribution in [3.63, 3.8) is 0 Å². The minimum Gasteiger partial charge on any atom is -0.479 e. The summed E-state index contributed by atoms with van der Waals surface area (Å²) >= 11 is 0. The Morgan fingerprint density at radius 2 is 2.17 bits per heavy atom. The van der Waals surface area contributed by atoms with Gasteiger partial charge >= 0.3 is 5.97 Å². The van der Waals surface area contributed by atoms with Gasteiger partial charge in [-0.2, -0.15) is 10.4 Å². The smallest absolute Gasteiger partial charge is 0.332 e. The van der Waals surface area contributed by atoms with E-state index >= 15 is 0 Å². The fourth-order valence-corrected chi connectivity index (χ4v) is 1.53. The quantitative estimate of drug-likeness (QED) is 0.722. The molecular formula is C11H14N4O3. The van der Waals surface area contributed by atoms with Crippen molar-refractivity contribution in [2.24, 2.45) is 0 Å². The fourth-order valence-electron chi connectivity index (χ4n) is 1.53. The van der Waals surface area contributed by atoms with E-state index in [9.17, 15) is 4.79 Å². The molecule has 7 heteroatoms. The summed E-state index contributed by atoms with van der Waals surface area (Å²) in [6.07, 6.45) is 1.33. The Balaban J connectivity index is 2.99. The molecule has 0 bridgehead atoms. The first-order valence-corrected chi connectivity index (χ1v) is 5.52. The molecular weight excluding hydrogens is 236 g/mol. The van der Waals surface area contributed by atoms with Crippen LogP contribution >= 0.6 is 0 Å². The molecule has 0 spiro atoms. The topological polar surface area (TPSA) is 108 Å². The molecule has 96 valence electrons. The number of hydrogen-bond donors (Lipinski definition) is 2. The molecule has 1 aromatic rings. The second kappa shape index (κ2) is 6.51. The lowest BCUT2D eigenvalue weighted by molar-refractivity contribution is -0.141. The summed E-state index contributed by atoms with van der Waals surface area (Å²) in [5.41, 5.74) is 4.25. The molecule has 0 saturated carbocycles. The minimum atomic E-state index is -1.12. The Kier molecular flexibility index (Phi) is 5.02. The number of aromatic nitrogens is 2. The summed E-state index contributed by atoms with van der Waals surface area (Å²) in [7, 11) is 0. The number of carbonyl (C=O) groups is 1. The predicted octanol–water partition coefficient (Wildman–Crippen LogP) is 0.901. The average molecular weight is 250 g/mol. The van der Waals surface area contributed by atoms with Gasteiger partial charge < -0.3 is 5.11 Å². The van der Waals surface area contributed by atoms with E-state index in [0.29, 0.717) is 18.4 Å². The number of carboxylic acids is 1. The minimum absolute atomic E-state index is 0.146. The molecule has 7 nitrogen and oxygen atoms in total. The Labute approximate surface area is 104 Å². The zero-order valence-corrected chi connectivity index (χ0v) is 10.2. The predicted molar refractivity (Wildman–Crippen MR) is 62.7 cm³/mol. The maximum atomic E-state index is 10.3. The summed E-state index contributed by atoms with van der Waals surface area (Å²) in [6.45, 7) is 3.32. The summed E-state index contributed by atoms with van der Waals surface area (Å²) in [5, 5.41) is 25.4. The molecule has 0 aliphatic heterocycles. The third-order valence-corrected chi connectivity index (χ3v) is 2.32. The van der Waals surface area contributed by atoms with Crippen LogP contribution in [0.3, 0.4) is 0 Å². The van der Waals surface area contributed by atoms with Crippen molar-refractivity contribution in [2.45, 2.75) is 26.7 Å². The lowest BCUT2D eigenvalue weighted by atomic mass is 10.0. The molecule has 0 amide bonds. The number of nitriles is 1. The highest BCUT2D eigenvalue weighted by Gasteiger charge is 2.14. The second-order valence-electron chi connectivity index (χ2n) is 3.45. The van der Waals surface area contributed by atoms with Crippen LogP contribution in [0.5, 0.6) is 0 Å². The van der Waals surface area contributed by atoms with Crippen LogP contribution < -0.4 is 5.48 Å². The zero-order valence-electron chi connectivity index (χ0n) is 10.2. The summed E-state index contributed by atoms with van der Waals surface area (Å²) < 4.78 is 0. The maximum Gasteiger partial charge on any atom is 0.332 e. The highest BCUT2D eigenvalue weighted by Crippen LogP contribution is 2.19. The van der Waals surface area contributed by atoms with Gasteiger partial charge in [0.2, 0.25) is 0 Å². The molecule has 0 saturated heterocycles. The van der Waals surface area contributed by atoms with Crippen molar-refractivity contribution in [3.05, 3.63) is 16.8 Å². The molecule has 1 aromatic heterocycles. The monoisotopic (exact) mass is 250 g/mol. The molecule has 0 radical (unpaired) electrons.